The van der Waals surface area contributed by atoms with Crippen LogP contribution in [0.25, 0.3) is 0 Å². The van der Waals surface area contributed by atoms with Gasteiger partial charge in [-0.25, -0.2) is 0 Å². The van der Waals surface area contributed by atoms with E-state index in [2.05, 4.69) is 0 Å². The van der Waals surface area contributed by atoms with E-state index in [1.165, 1.54) is 16.9 Å². The number of hydrogen-bond acceptors (Lipinski definition) is 3. The average molecular weight is 306 g/mol. The summed E-state index contributed by atoms with van der Waals surface area (Å²) in [5.74, 6) is 0.691. The van der Waals surface area contributed by atoms with Crippen LogP contribution in [0.2, 0.25) is 0 Å². The van der Waals surface area contributed by atoms with Crippen LogP contribution >= 0.6 is 11.3 Å². The molecule has 1 aromatic carbocycles. The Kier molecular flexibility index (Phi) is 5.26. The molecule has 0 aliphatic carbocycles. The zero-order chi connectivity index (χ0) is 14.5. The van der Waals surface area contributed by atoms with Gasteiger partial charge in [0.15, 0.2) is 5.78 Å². The van der Waals surface area contributed by atoms with Crippen molar-refractivity contribution in [3.05, 3.63) is 51.7 Å². The van der Waals surface area contributed by atoms with Crippen LogP contribution in [0.3, 0.4) is 0 Å². The standard InChI is InChI=1S/C16H18O2S2/c1-12-7-8-14(11-13(12)2)20(18)10-4-5-15(17)16-6-3-9-19-16/h3,6-9,11H,4-5,10H2,1-2H3. The molecule has 0 spiro atoms. The number of rotatable bonds is 6. The van der Waals surface area contributed by atoms with Crippen molar-refractivity contribution in [2.24, 2.45) is 0 Å². The third kappa shape index (κ3) is 3.87. The topological polar surface area (TPSA) is 34.1 Å². The lowest BCUT2D eigenvalue weighted by molar-refractivity contribution is 0.0986. The second-order valence-corrected chi connectivity index (χ2v) is 7.32. The van der Waals surface area contributed by atoms with Crippen molar-refractivity contribution in [1.29, 1.82) is 0 Å². The number of Topliss-reactive ketones (excluding diaryl/α,β-unsaturated/α-hetero) is 1. The van der Waals surface area contributed by atoms with Gasteiger partial charge >= 0.3 is 0 Å². The van der Waals surface area contributed by atoms with Crippen molar-refractivity contribution < 1.29 is 9.00 Å². The number of hydrogen-bond donors (Lipinski definition) is 0. The van der Waals surface area contributed by atoms with Gasteiger partial charge in [-0.1, -0.05) is 12.1 Å². The number of ketones is 1. The fraction of sp³-hybridized carbons (Fsp3) is 0.312. The van der Waals surface area contributed by atoms with E-state index in [-0.39, 0.29) is 5.78 Å². The van der Waals surface area contributed by atoms with E-state index in [1.807, 2.05) is 49.6 Å². The average Bonchev–Trinajstić information content (AvgIpc) is 2.95. The maximum absolute atomic E-state index is 12.2. The van der Waals surface area contributed by atoms with Gasteiger partial charge in [-0.3, -0.25) is 9.00 Å². The highest BCUT2D eigenvalue weighted by molar-refractivity contribution is 7.85. The fourth-order valence-corrected chi connectivity index (χ4v) is 3.76. The van der Waals surface area contributed by atoms with Crippen LogP contribution in [0.4, 0.5) is 0 Å². The highest BCUT2D eigenvalue weighted by atomic mass is 32.2. The molecule has 2 rings (SSSR count). The molecule has 0 bridgehead atoms. The second-order valence-electron chi connectivity index (χ2n) is 4.80. The first kappa shape index (κ1) is 15.1. The van der Waals surface area contributed by atoms with Gasteiger partial charge in [-0.05, 0) is 55.0 Å². The minimum atomic E-state index is -1.01. The quantitative estimate of drug-likeness (QED) is 0.752. The summed E-state index contributed by atoms with van der Waals surface area (Å²) in [6, 6.07) is 9.61. The number of benzene rings is 1. The molecule has 1 heterocycles. The normalized spacial score (nSPS) is 12.3. The Labute approximate surface area is 126 Å². The number of aryl methyl sites for hydroxylation is 2. The van der Waals surface area contributed by atoms with Gasteiger partial charge < -0.3 is 0 Å². The monoisotopic (exact) mass is 306 g/mol. The van der Waals surface area contributed by atoms with Gasteiger partial charge in [0.2, 0.25) is 0 Å². The Balaban J connectivity index is 1.86. The van der Waals surface area contributed by atoms with E-state index >= 15 is 0 Å². The third-order valence-corrected chi connectivity index (χ3v) is 5.62. The Morgan fingerprint density at radius 1 is 1.20 bits per heavy atom. The van der Waals surface area contributed by atoms with E-state index in [0.717, 1.165) is 15.3 Å². The number of thiophene rings is 1. The minimum Gasteiger partial charge on any atom is -0.293 e. The van der Waals surface area contributed by atoms with Crippen LogP contribution in [0.1, 0.15) is 33.6 Å². The smallest absolute Gasteiger partial charge is 0.172 e. The van der Waals surface area contributed by atoms with E-state index < -0.39 is 10.8 Å². The molecule has 106 valence electrons. The second kappa shape index (κ2) is 6.95. The molecule has 0 amide bonds. The molecule has 20 heavy (non-hydrogen) atoms. The van der Waals surface area contributed by atoms with Crippen LogP contribution < -0.4 is 0 Å². The molecule has 0 aliphatic rings. The summed E-state index contributed by atoms with van der Waals surface area (Å²) in [6.45, 7) is 4.07. The zero-order valence-electron chi connectivity index (χ0n) is 11.7. The summed E-state index contributed by atoms with van der Waals surface area (Å²) in [6.07, 6.45) is 1.13. The van der Waals surface area contributed by atoms with E-state index in [0.29, 0.717) is 18.6 Å². The highest BCUT2D eigenvalue weighted by Gasteiger charge is 2.09. The van der Waals surface area contributed by atoms with E-state index in [1.54, 1.807) is 0 Å². The molecule has 4 heteroatoms. The molecule has 1 atom stereocenters. The first-order chi connectivity index (χ1) is 9.58. The van der Waals surface area contributed by atoms with E-state index in [9.17, 15) is 9.00 Å². The first-order valence-electron chi connectivity index (χ1n) is 6.60. The molecule has 0 saturated carbocycles. The largest absolute Gasteiger partial charge is 0.293 e. The molecule has 2 nitrogen and oxygen atoms in total. The third-order valence-electron chi connectivity index (χ3n) is 3.27. The Morgan fingerprint density at radius 3 is 2.65 bits per heavy atom. The van der Waals surface area contributed by atoms with Gasteiger partial charge in [-0.15, -0.1) is 11.3 Å². The maximum Gasteiger partial charge on any atom is 0.172 e. The van der Waals surface area contributed by atoms with Gasteiger partial charge in [0, 0.05) is 17.1 Å². The van der Waals surface area contributed by atoms with Gasteiger partial charge in [-0.2, -0.15) is 0 Å². The minimum absolute atomic E-state index is 0.150. The van der Waals surface area contributed by atoms with Crippen molar-refractivity contribution in [2.75, 3.05) is 5.75 Å². The Hall–Kier alpha value is -1.26. The van der Waals surface area contributed by atoms with Crippen molar-refractivity contribution in [2.45, 2.75) is 31.6 Å². The molecule has 1 aromatic heterocycles. The van der Waals surface area contributed by atoms with Crippen molar-refractivity contribution in [3.8, 4) is 0 Å². The lowest BCUT2D eigenvalue weighted by Gasteiger charge is -2.05. The summed E-state index contributed by atoms with van der Waals surface area (Å²) in [5.41, 5.74) is 2.36. The van der Waals surface area contributed by atoms with Crippen molar-refractivity contribution >= 4 is 27.9 Å². The van der Waals surface area contributed by atoms with Crippen LogP contribution in [-0.4, -0.2) is 15.7 Å². The number of carbonyl (C=O) groups is 1. The van der Waals surface area contributed by atoms with Crippen LogP contribution in [0.15, 0.2) is 40.6 Å². The molecule has 0 saturated heterocycles. The summed E-state index contributed by atoms with van der Waals surface area (Å²) in [4.78, 5) is 13.5. The van der Waals surface area contributed by atoms with Gasteiger partial charge in [0.05, 0.1) is 15.7 Å². The van der Waals surface area contributed by atoms with Gasteiger partial charge in [0.25, 0.3) is 0 Å². The predicted octanol–water partition coefficient (Wildman–Crippen LogP) is 4.14. The van der Waals surface area contributed by atoms with Gasteiger partial charge in [0.1, 0.15) is 0 Å². The molecule has 0 N–H and O–H groups in total. The molecule has 2 aromatic rings. The van der Waals surface area contributed by atoms with Crippen molar-refractivity contribution in [3.63, 3.8) is 0 Å². The molecule has 0 aliphatic heterocycles. The van der Waals surface area contributed by atoms with Crippen LogP contribution in [0, 0.1) is 13.8 Å². The van der Waals surface area contributed by atoms with Crippen LogP contribution in [-0.2, 0) is 10.8 Å². The summed E-state index contributed by atoms with van der Waals surface area (Å²) in [5, 5.41) is 1.90. The molecular weight excluding hydrogens is 288 g/mol. The highest BCUT2D eigenvalue weighted by Crippen LogP contribution is 2.16. The zero-order valence-corrected chi connectivity index (χ0v) is 13.4. The molecule has 0 fully saturated rings. The SMILES string of the molecule is Cc1ccc(S(=O)CCCC(=O)c2cccs2)cc1C. The predicted molar refractivity (Wildman–Crippen MR) is 85.1 cm³/mol. The Bertz CT molecular complexity index is 615. The molecule has 1 unspecified atom stereocenters. The summed E-state index contributed by atoms with van der Waals surface area (Å²) >= 11 is 1.46. The lowest BCUT2D eigenvalue weighted by Crippen LogP contribution is -2.03. The summed E-state index contributed by atoms with van der Waals surface area (Å²) in [7, 11) is -1.01. The fourth-order valence-electron chi connectivity index (χ4n) is 1.90. The maximum atomic E-state index is 12.2. The Morgan fingerprint density at radius 2 is 2.00 bits per heavy atom. The lowest BCUT2D eigenvalue weighted by atomic mass is 10.1. The molecular formula is C16H18O2S2. The number of carbonyl (C=O) groups excluding carboxylic acids is 1. The molecule has 0 radical (unpaired) electrons. The summed E-state index contributed by atoms with van der Waals surface area (Å²) < 4.78 is 12.2. The van der Waals surface area contributed by atoms with E-state index in [4.69, 9.17) is 0 Å². The van der Waals surface area contributed by atoms with Crippen LogP contribution in [0.5, 0.6) is 0 Å². The van der Waals surface area contributed by atoms with Crippen molar-refractivity contribution in [1.82, 2.24) is 0 Å². The first-order valence-corrected chi connectivity index (χ1v) is 8.80.